The third-order valence-corrected chi connectivity index (χ3v) is 6.93. The molecule has 4 aromatic carbocycles. The zero-order chi connectivity index (χ0) is 38.0. The van der Waals surface area contributed by atoms with E-state index in [0.717, 1.165) is 18.2 Å². The number of methoxy groups -OCH3 is 2. The van der Waals surface area contributed by atoms with Crippen molar-refractivity contribution in [3.63, 3.8) is 0 Å². The van der Waals surface area contributed by atoms with Crippen LogP contribution in [0.2, 0.25) is 0 Å². The number of benzene rings is 4. The zero-order valence-corrected chi connectivity index (χ0v) is 28.0. The summed E-state index contributed by atoms with van der Waals surface area (Å²) in [4.78, 5) is 57.1. The number of hydrogen-bond donors (Lipinski definition) is 5. The Morgan fingerprint density at radius 2 is 0.942 bits per heavy atom. The van der Waals surface area contributed by atoms with Gasteiger partial charge in [0.25, 0.3) is 17.5 Å². The Kier molecular flexibility index (Phi) is 15.1. The molecule has 0 radical (unpaired) electrons. The molecule has 0 bridgehead atoms. The first kappa shape index (κ1) is 39.4. The summed E-state index contributed by atoms with van der Waals surface area (Å²) in [6.45, 7) is -1.11. The highest BCUT2D eigenvalue weighted by atomic mass is 16.6. The number of carbonyl (C=O) groups is 4. The van der Waals surface area contributed by atoms with Crippen LogP contribution in [0.25, 0.3) is 0 Å². The van der Waals surface area contributed by atoms with E-state index in [2.05, 4.69) is 43.8 Å². The number of hydrogen-bond acceptors (Lipinski definition) is 11. The van der Waals surface area contributed by atoms with E-state index in [9.17, 15) is 29.3 Å². The molecule has 0 fully saturated rings. The topological polar surface area (TPSA) is 220 Å². The normalized spacial score (nSPS) is 10.9. The number of aliphatic hydroxyl groups is 2. The molecular formula is C38H34N4O10. The second-order valence-electron chi connectivity index (χ2n) is 10.5. The summed E-state index contributed by atoms with van der Waals surface area (Å²) in [6, 6.07) is 23.7. The number of nitrogen functional groups attached to an aromatic ring is 1. The van der Waals surface area contributed by atoms with Crippen molar-refractivity contribution in [1.82, 2.24) is 10.6 Å². The maximum atomic E-state index is 12.1. The molecule has 0 saturated heterocycles. The molecular weight excluding hydrogens is 672 g/mol. The van der Waals surface area contributed by atoms with Gasteiger partial charge in [-0.1, -0.05) is 23.7 Å². The summed E-state index contributed by atoms with van der Waals surface area (Å²) in [5.41, 5.74) is 9.74. The average Bonchev–Trinajstić information content (AvgIpc) is 3.18. The maximum absolute atomic E-state index is 12.1. The monoisotopic (exact) mass is 706 g/mol. The SMILES string of the molecule is COC(=O)[C@H](CO)NC(=O)c1ccc(C#Cc2ccc(N)cc2)cc1.COC(=O)[C@H](CO)NC(=O)c1ccc(C#Cc2ccc([N+](=O)[O-])cc2)cc1. The minimum absolute atomic E-state index is 0.0101. The predicted octanol–water partition coefficient (Wildman–Crippen LogP) is 2.19. The number of carbonyl (C=O) groups excluding carboxylic acids is 4. The second-order valence-corrected chi connectivity index (χ2v) is 10.5. The first-order chi connectivity index (χ1) is 25.0. The van der Waals surface area contributed by atoms with Gasteiger partial charge in [-0.3, -0.25) is 19.7 Å². The zero-order valence-electron chi connectivity index (χ0n) is 28.0. The van der Waals surface area contributed by atoms with Crippen LogP contribution in [-0.4, -0.2) is 78.4 Å². The molecule has 14 nitrogen and oxygen atoms in total. The number of aliphatic hydroxyl groups excluding tert-OH is 2. The van der Waals surface area contributed by atoms with Crippen molar-refractivity contribution in [2.75, 3.05) is 33.2 Å². The number of nitro groups is 1. The fourth-order valence-electron chi connectivity index (χ4n) is 4.06. The van der Waals surface area contributed by atoms with E-state index in [1.54, 1.807) is 60.7 Å². The van der Waals surface area contributed by atoms with E-state index in [1.165, 1.54) is 31.4 Å². The molecule has 4 aromatic rings. The lowest BCUT2D eigenvalue weighted by atomic mass is 10.1. The largest absolute Gasteiger partial charge is 0.467 e. The van der Waals surface area contributed by atoms with Gasteiger partial charge in [-0.15, -0.1) is 0 Å². The first-order valence-electron chi connectivity index (χ1n) is 15.3. The van der Waals surface area contributed by atoms with Crippen molar-refractivity contribution in [2.45, 2.75) is 12.1 Å². The van der Waals surface area contributed by atoms with Gasteiger partial charge >= 0.3 is 11.9 Å². The van der Waals surface area contributed by atoms with Gasteiger partial charge in [0.15, 0.2) is 12.1 Å². The van der Waals surface area contributed by atoms with Gasteiger partial charge in [0.1, 0.15) is 0 Å². The molecule has 0 aliphatic carbocycles. The van der Waals surface area contributed by atoms with Crippen LogP contribution < -0.4 is 16.4 Å². The molecule has 0 spiro atoms. The number of nitrogens with two attached hydrogens (primary N) is 1. The lowest BCUT2D eigenvalue weighted by Crippen LogP contribution is -2.44. The highest BCUT2D eigenvalue weighted by molar-refractivity contribution is 5.97. The number of nitrogens with zero attached hydrogens (tertiary/aromatic N) is 1. The van der Waals surface area contributed by atoms with Crippen molar-refractivity contribution in [3.05, 3.63) is 141 Å². The second kappa shape index (κ2) is 19.9. The minimum Gasteiger partial charge on any atom is -0.467 e. The molecule has 14 heteroatoms. The van der Waals surface area contributed by atoms with Crippen LogP contribution in [-0.2, 0) is 19.1 Å². The standard InChI is InChI=1S/C19H16N2O6.C19H18N2O4/c1-27-19(24)17(12-22)20-18(23)15-8-4-13(5-9-15)2-3-14-6-10-16(11-7-14)21(25)26;1-25-19(24)17(12-22)21-18(23)15-8-4-13(5-9-15)2-3-14-6-10-16(20)11-7-14/h4-11,17,22H,12H2,1H3,(H,20,23);4-11,17,22H,12,20H2,1H3,(H,21,23)/t2*17-/m00/s1. The molecule has 52 heavy (non-hydrogen) atoms. The highest BCUT2D eigenvalue weighted by Gasteiger charge is 2.22. The molecule has 6 N–H and O–H groups in total. The fraction of sp³-hybridized carbons (Fsp3) is 0.158. The quantitative estimate of drug-likeness (QED) is 0.0558. The Balaban J connectivity index is 0.000000281. The number of nitro benzene ring substituents is 1. The number of amides is 2. The summed E-state index contributed by atoms with van der Waals surface area (Å²) in [5, 5.41) is 33.6. The van der Waals surface area contributed by atoms with Crippen molar-refractivity contribution in [2.24, 2.45) is 0 Å². The minimum atomic E-state index is -1.14. The molecule has 266 valence electrons. The van der Waals surface area contributed by atoms with Crippen LogP contribution >= 0.6 is 0 Å². The van der Waals surface area contributed by atoms with Crippen LogP contribution in [0.15, 0.2) is 97.1 Å². The van der Waals surface area contributed by atoms with E-state index in [0.29, 0.717) is 27.9 Å². The van der Waals surface area contributed by atoms with Crippen LogP contribution in [0.3, 0.4) is 0 Å². The Hall–Kier alpha value is -7.00. The van der Waals surface area contributed by atoms with Gasteiger partial charge in [0.05, 0.1) is 32.4 Å². The van der Waals surface area contributed by atoms with E-state index in [-0.39, 0.29) is 5.69 Å². The van der Waals surface area contributed by atoms with Crippen LogP contribution in [0.1, 0.15) is 43.0 Å². The van der Waals surface area contributed by atoms with Crippen LogP contribution in [0.5, 0.6) is 0 Å². The van der Waals surface area contributed by atoms with Crippen LogP contribution in [0, 0.1) is 33.8 Å². The molecule has 0 aliphatic heterocycles. The van der Waals surface area contributed by atoms with Gasteiger partial charge in [0.2, 0.25) is 0 Å². The van der Waals surface area contributed by atoms with E-state index in [1.807, 2.05) is 12.1 Å². The summed E-state index contributed by atoms with van der Waals surface area (Å²) in [6.07, 6.45) is 0. The number of anilines is 1. The number of nitrogens with one attached hydrogen (secondary N) is 2. The van der Waals surface area contributed by atoms with Crippen LogP contribution in [0.4, 0.5) is 11.4 Å². The first-order valence-corrected chi connectivity index (χ1v) is 15.3. The fourth-order valence-corrected chi connectivity index (χ4v) is 4.06. The van der Waals surface area contributed by atoms with Gasteiger partial charge in [0, 0.05) is 51.2 Å². The average molecular weight is 707 g/mol. The van der Waals surface area contributed by atoms with Gasteiger partial charge < -0.3 is 36.1 Å². The third-order valence-electron chi connectivity index (χ3n) is 6.93. The number of ether oxygens (including phenoxy) is 2. The molecule has 0 unspecified atom stereocenters. The Labute approximate surface area is 298 Å². The summed E-state index contributed by atoms with van der Waals surface area (Å²) < 4.78 is 8.98. The molecule has 4 rings (SSSR count). The van der Waals surface area contributed by atoms with Crippen molar-refractivity contribution >= 4 is 35.1 Å². The van der Waals surface area contributed by atoms with E-state index < -0.39 is 54.0 Å². The van der Waals surface area contributed by atoms with E-state index >= 15 is 0 Å². The smallest absolute Gasteiger partial charge is 0.330 e. The Morgan fingerprint density at radius 3 is 1.23 bits per heavy atom. The Bertz CT molecular complexity index is 1990. The highest BCUT2D eigenvalue weighted by Crippen LogP contribution is 2.12. The lowest BCUT2D eigenvalue weighted by molar-refractivity contribution is -0.384. The molecule has 2 atom stereocenters. The predicted molar refractivity (Wildman–Crippen MR) is 190 cm³/mol. The van der Waals surface area contributed by atoms with E-state index in [4.69, 9.17) is 15.9 Å². The van der Waals surface area contributed by atoms with Gasteiger partial charge in [-0.2, -0.15) is 0 Å². The molecule has 0 saturated carbocycles. The van der Waals surface area contributed by atoms with Crippen molar-refractivity contribution in [3.8, 4) is 23.7 Å². The summed E-state index contributed by atoms with van der Waals surface area (Å²) >= 11 is 0. The number of esters is 2. The van der Waals surface area contributed by atoms with Gasteiger partial charge in [-0.25, -0.2) is 9.59 Å². The van der Waals surface area contributed by atoms with Crippen molar-refractivity contribution < 1.29 is 43.8 Å². The molecule has 0 aromatic heterocycles. The summed E-state index contributed by atoms with van der Waals surface area (Å²) in [7, 11) is 2.35. The number of rotatable bonds is 9. The third kappa shape index (κ3) is 12.2. The molecule has 0 heterocycles. The number of non-ortho nitro benzene ring substituents is 1. The van der Waals surface area contributed by atoms with Gasteiger partial charge in [-0.05, 0) is 84.9 Å². The lowest BCUT2D eigenvalue weighted by Gasteiger charge is -2.13. The molecule has 2 amide bonds. The Morgan fingerprint density at radius 1 is 0.635 bits per heavy atom. The molecule has 0 aliphatic rings. The maximum Gasteiger partial charge on any atom is 0.330 e. The van der Waals surface area contributed by atoms with Crippen molar-refractivity contribution in [1.29, 1.82) is 0 Å². The summed E-state index contributed by atoms with van der Waals surface area (Å²) in [5.74, 6) is 9.29.